The highest BCUT2D eigenvalue weighted by Crippen LogP contribution is 2.16. The number of likely N-dealkylation sites (tertiary alicyclic amines) is 1. The summed E-state index contributed by atoms with van der Waals surface area (Å²) in [6.07, 6.45) is 7.53. The summed E-state index contributed by atoms with van der Waals surface area (Å²) < 4.78 is 0. The molecule has 2 saturated heterocycles. The number of nitrogens with zero attached hydrogens (tertiary/aromatic N) is 2. The zero-order chi connectivity index (χ0) is 11.2. The Hall–Kier alpha value is -0.380. The molecule has 0 spiro atoms. The molecule has 0 unspecified atom stereocenters. The van der Waals surface area contributed by atoms with Crippen molar-refractivity contribution < 1.29 is 0 Å². The molecule has 3 heteroatoms. The molecular formula is C13H25N3. The van der Waals surface area contributed by atoms with E-state index in [2.05, 4.69) is 34.3 Å². The number of piperazine rings is 1. The topological polar surface area (TPSA) is 18.5 Å². The van der Waals surface area contributed by atoms with Crippen LogP contribution in [-0.4, -0.2) is 62.7 Å². The molecule has 16 heavy (non-hydrogen) atoms. The largest absolute Gasteiger partial charge is 0.314 e. The Kier molecular flexibility index (Phi) is 4.82. The molecule has 0 atom stereocenters. The Morgan fingerprint density at radius 2 is 1.81 bits per heavy atom. The van der Waals surface area contributed by atoms with Gasteiger partial charge in [0.2, 0.25) is 0 Å². The summed E-state index contributed by atoms with van der Waals surface area (Å²) in [5.41, 5.74) is 0. The van der Waals surface area contributed by atoms with Crippen molar-refractivity contribution in [3.05, 3.63) is 12.2 Å². The van der Waals surface area contributed by atoms with Gasteiger partial charge in [0.25, 0.3) is 0 Å². The number of hydrogen-bond acceptors (Lipinski definition) is 3. The number of nitrogens with one attached hydrogen (secondary N) is 1. The van der Waals surface area contributed by atoms with E-state index in [-0.39, 0.29) is 0 Å². The van der Waals surface area contributed by atoms with Crippen LogP contribution in [-0.2, 0) is 0 Å². The van der Waals surface area contributed by atoms with E-state index in [1.165, 1.54) is 39.0 Å². The lowest BCUT2D eigenvalue weighted by atomic mass is 9.97. The highest BCUT2D eigenvalue weighted by atomic mass is 15.2. The van der Waals surface area contributed by atoms with Gasteiger partial charge in [-0.3, -0.25) is 4.90 Å². The maximum Gasteiger partial charge on any atom is 0.0164 e. The fraction of sp³-hybridized carbons (Fsp3) is 0.846. The molecular weight excluding hydrogens is 198 g/mol. The van der Waals surface area contributed by atoms with E-state index >= 15 is 0 Å². The van der Waals surface area contributed by atoms with E-state index in [1.54, 1.807) is 0 Å². The fourth-order valence-electron chi connectivity index (χ4n) is 2.52. The summed E-state index contributed by atoms with van der Waals surface area (Å²) in [4.78, 5) is 4.96. The minimum atomic E-state index is 0.833. The summed E-state index contributed by atoms with van der Waals surface area (Å²) >= 11 is 0. The van der Waals surface area contributed by atoms with E-state index in [1.807, 2.05) is 0 Å². The third kappa shape index (κ3) is 3.89. The lowest BCUT2D eigenvalue weighted by Gasteiger charge is -2.28. The highest BCUT2D eigenvalue weighted by molar-refractivity contribution is 4.93. The lowest BCUT2D eigenvalue weighted by molar-refractivity contribution is 0.242. The van der Waals surface area contributed by atoms with Crippen molar-refractivity contribution in [3.8, 4) is 0 Å². The van der Waals surface area contributed by atoms with Gasteiger partial charge in [-0.25, -0.2) is 0 Å². The first-order valence-corrected chi connectivity index (χ1v) is 6.63. The summed E-state index contributed by atoms with van der Waals surface area (Å²) in [5.74, 6) is 0.833. The molecule has 0 aliphatic carbocycles. The Labute approximate surface area is 99.5 Å². The summed E-state index contributed by atoms with van der Waals surface area (Å²) in [6, 6.07) is 0. The third-order valence-corrected chi connectivity index (χ3v) is 3.74. The predicted octanol–water partition coefficient (Wildman–Crippen LogP) is 0.790. The van der Waals surface area contributed by atoms with Crippen molar-refractivity contribution >= 4 is 0 Å². The zero-order valence-electron chi connectivity index (χ0n) is 10.5. The molecule has 1 N–H and O–H groups in total. The average Bonchev–Trinajstić information content (AvgIpc) is 2.33. The van der Waals surface area contributed by atoms with Crippen molar-refractivity contribution in [2.24, 2.45) is 5.92 Å². The van der Waals surface area contributed by atoms with Gasteiger partial charge in [-0.15, -0.1) is 0 Å². The van der Waals surface area contributed by atoms with Crippen molar-refractivity contribution in [1.82, 2.24) is 15.1 Å². The van der Waals surface area contributed by atoms with E-state index in [4.69, 9.17) is 0 Å². The van der Waals surface area contributed by atoms with Crippen LogP contribution in [0.1, 0.15) is 12.8 Å². The maximum atomic E-state index is 3.39. The van der Waals surface area contributed by atoms with Crippen molar-refractivity contribution in [3.63, 3.8) is 0 Å². The Morgan fingerprint density at radius 3 is 2.50 bits per heavy atom. The molecule has 92 valence electrons. The number of piperidine rings is 1. The average molecular weight is 223 g/mol. The molecule has 0 aromatic carbocycles. The number of allylic oxidation sites excluding steroid dienone is 1. The van der Waals surface area contributed by atoms with Crippen LogP contribution in [0.5, 0.6) is 0 Å². The monoisotopic (exact) mass is 223 g/mol. The molecule has 0 aromatic heterocycles. The van der Waals surface area contributed by atoms with Gasteiger partial charge >= 0.3 is 0 Å². The van der Waals surface area contributed by atoms with Gasteiger partial charge in [-0.1, -0.05) is 12.2 Å². The second kappa shape index (κ2) is 6.38. The molecule has 0 amide bonds. The van der Waals surface area contributed by atoms with Crippen LogP contribution in [0.2, 0.25) is 0 Å². The van der Waals surface area contributed by atoms with Crippen LogP contribution in [0.4, 0.5) is 0 Å². The zero-order valence-corrected chi connectivity index (χ0v) is 10.5. The molecule has 2 heterocycles. The fourth-order valence-corrected chi connectivity index (χ4v) is 2.52. The molecule has 0 radical (unpaired) electrons. The molecule has 3 nitrogen and oxygen atoms in total. The molecule has 0 bridgehead atoms. The van der Waals surface area contributed by atoms with E-state index in [9.17, 15) is 0 Å². The van der Waals surface area contributed by atoms with Crippen molar-refractivity contribution in [2.45, 2.75) is 12.8 Å². The van der Waals surface area contributed by atoms with Crippen molar-refractivity contribution in [1.29, 1.82) is 0 Å². The predicted molar refractivity (Wildman–Crippen MR) is 68.7 cm³/mol. The van der Waals surface area contributed by atoms with Gasteiger partial charge in [0.1, 0.15) is 0 Å². The second-order valence-corrected chi connectivity index (χ2v) is 5.12. The molecule has 2 aliphatic heterocycles. The first kappa shape index (κ1) is 12.1. The number of hydrogen-bond donors (Lipinski definition) is 1. The lowest BCUT2D eigenvalue weighted by Crippen LogP contribution is -2.43. The quantitative estimate of drug-likeness (QED) is 0.714. The summed E-state index contributed by atoms with van der Waals surface area (Å²) in [6.45, 7) is 8.40. The van der Waals surface area contributed by atoms with Gasteiger partial charge in [-0.2, -0.15) is 0 Å². The first-order valence-electron chi connectivity index (χ1n) is 6.63. The van der Waals surface area contributed by atoms with Crippen LogP contribution in [0, 0.1) is 5.92 Å². The number of rotatable bonds is 3. The first-order chi connectivity index (χ1) is 7.84. The van der Waals surface area contributed by atoms with Gasteiger partial charge in [0, 0.05) is 32.7 Å². The molecule has 0 saturated carbocycles. The van der Waals surface area contributed by atoms with Crippen LogP contribution in [0.15, 0.2) is 12.2 Å². The van der Waals surface area contributed by atoms with Crippen molar-refractivity contribution in [2.75, 3.05) is 52.9 Å². The SMILES string of the molecule is CN1CCC(/C=C\CN2CCNCC2)CC1. The highest BCUT2D eigenvalue weighted by Gasteiger charge is 2.13. The minimum absolute atomic E-state index is 0.833. The molecule has 0 aromatic rings. The molecule has 2 fully saturated rings. The summed E-state index contributed by atoms with van der Waals surface area (Å²) in [5, 5.41) is 3.39. The maximum absolute atomic E-state index is 3.39. The van der Waals surface area contributed by atoms with Gasteiger partial charge in [0.15, 0.2) is 0 Å². The van der Waals surface area contributed by atoms with Crippen LogP contribution in [0.3, 0.4) is 0 Å². The van der Waals surface area contributed by atoms with E-state index in [0.29, 0.717) is 0 Å². The van der Waals surface area contributed by atoms with Gasteiger partial charge in [-0.05, 0) is 38.9 Å². The van der Waals surface area contributed by atoms with Gasteiger partial charge in [0.05, 0.1) is 0 Å². The Morgan fingerprint density at radius 1 is 1.12 bits per heavy atom. The van der Waals surface area contributed by atoms with E-state index < -0.39 is 0 Å². The molecule has 2 rings (SSSR count). The molecule has 2 aliphatic rings. The standard InChI is InChI=1S/C13H25N3/c1-15-9-4-13(5-10-15)3-2-8-16-11-6-14-7-12-16/h2-3,13-14H,4-12H2,1H3/b3-2-. The van der Waals surface area contributed by atoms with Gasteiger partial charge < -0.3 is 10.2 Å². The Bertz CT molecular complexity index is 213. The summed E-state index contributed by atoms with van der Waals surface area (Å²) in [7, 11) is 2.22. The third-order valence-electron chi connectivity index (χ3n) is 3.74. The minimum Gasteiger partial charge on any atom is -0.314 e. The van der Waals surface area contributed by atoms with E-state index in [0.717, 1.165) is 25.6 Å². The van der Waals surface area contributed by atoms with Crippen LogP contribution >= 0.6 is 0 Å². The van der Waals surface area contributed by atoms with Crippen LogP contribution < -0.4 is 5.32 Å². The second-order valence-electron chi connectivity index (χ2n) is 5.12. The van der Waals surface area contributed by atoms with Crippen LogP contribution in [0.25, 0.3) is 0 Å². The smallest absolute Gasteiger partial charge is 0.0164 e. The Balaban J connectivity index is 1.64. The normalized spacial score (nSPS) is 26.6.